The van der Waals surface area contributed by atoms with Crippen molar-refractivity contribution >= 4 is 17.0 Å². The van der Waals surface area contributed by atoms with E-state index in [9.17, 15) is 4.79 Å². The van der Waals surface area contributed by atoms with Crippen LogP contribution in [0.1, 0.15) is 36.0 Å². The van der Waals surface area contributed by atoms with Gasteiger partial charge in [-0.05, 0) is 49.2 Å². The maximum Gasteiger partial charge on any atom is 0.253 e. The van der Waals surface area contributed by atoms with Crippen LogP contribution in [-0.2, 0) is 0 Å². The van der Waals surface area contributed by atoms with Crippen molar-refractivity contribution < 1.29 is 9.21 Å². The average molecular weight is 320 g/mol. The van der Waals surface area contributed by atoms with Crippen LogP contribution in [0.15, 0.2) is 52.9 Å². The van der Waals surface area contributed by atoms with Gasteiger partial charge in [0.25, 0.3) is 5.91 Å². The molecule has 4 heteroatoms. The van der Waals surface area contributed by atoms with Crippen molar-refractivity contribution in [3.8, 4) is 11.5 Å². The van der Waals surface area contributed by atoms with Crippen LogP contribution < -0.4 is 0 Å². The largest absolute Gasteiger partial charge is 0.436 e. The van der Waals surface area contributed by atoms with Gasteiger partial charge < -0.3 is 9.32 Å². The van der Waals surface area contributed by atoms with Gasteiger partial charge in [0, 0.05) is 24.2 Å². The van der Waals surface area contributed by atoms with Gasteiger partial charge in [0.2, 0.25) is 5.89 Å². The first kappa shape index (κ1) is 14.9. The quantitative estimate of drug-likeness (QED) is 0.713. The maximum atomic E-state index is 12.6. The number of rotatable bonds is 3. The zero-order valence-corrected chi connectivity index (χ0v) is 13.7. The Kier molecular flexibility index (Phi) is 3.81. The molecule has 0 spiro atoms. The highest BCUT2D eigenvalue weighted by molar-refractivity contribution is 5.94. The van der Waals surface area contributed by atoms with E-state index in [2.05, 4.69) is 4.98 Å². The predicted molar refractivity (Wildman–Crippen MR) is 93.8 cm³/mol. The smallest absolute Gasteiger partial charge is 0.253 e. The minimum Gasteiger partial charge on any atom is -0.436 e. The summed E-state index contributed by atoms with van der Waals surface area (Å²) in [6.07, 6.45) is 4.67. The highest BCUT2D eigenvalue weighted by Crippen LogP contribution is 2.26. The Bertz CT molecular complexity index is 828. The molecule has 1 amide bonds. The van der Waals surface area contributed by atoms with Crippen molar-refractivity contribution in [2.45, 2.75) is 31.7 Å². The molecule has 0 aliphatic heterocycles. The fourth-order valence-corrected chi connectivity index (χ4v) is 3.41. The maximum absolute atomic E-state index is 12.6. The topological polar surface area (TPSA) is 46.3 Å². The third-order valence-electron chi connectivity index (χ3n) is 4.87. The molecule has 1 heterocycles. The molecule has 1 fully saturated rings. The first-order chi connectivity index (χ1) is 11.7. The predicted octanol–water partition coefficient (Wildman–Crippen LogP) is 4.51. The minimum atomic E-state index is 0.0889. The number of carbonyl (C=O) groups excluding carboxylic acids is 1. The van der Waals surface area contributed by atoms with Gasteiger partial charge in [-0.1, -0.05) is 25.0 Å². The normalized spacial score (nSPS) is 15.0. The molecule has 122 valence electrons. The summed E-state index contributed by atoms with van der Waals surface area (Å²) in [5.74, 6) is 0.672. The number of hydrogen-bond acceptors (Lipinski definition) is 3. The molecule has 3 aromatic rings. The van der Waals surface area contributed by atoms with Crippen LogP contribution in [0.5, 0.6) is 0 Å². The van der Waals surface area contributed by atoms with E-state index in [4.69, 9.17) is 4.42 Å². The Morgan fingerprint density at radius 2 is 1.79 bits per heavy atom. The number of fused-ring (bicyclic) bond motifs is 1. The number of amides is 1. The molecule has 0 radical (unpaired) electrons. The minimum absolute atomic E-state index is 0.0889. The molecule has 0 bridgehead atoms. The van der Waals surface area contributed by atoms with E-state index in [1.54, 1.807) is 0 Å². The zero-order valence-electron chi connectivity index (χ0n) is 13.7. The van der Waals surface area contributed by atoms with E-state index in [0.717, 1.165) is 29.5 Å². The number of benzene rings is 2. The Morgan fingerprint density at radius 1 is 1.08 bits per heavy atom. The van der Waals surface area contributed by atoms with Crippen LogP contribution in [0.2, 0.25) is 0 Å². The molecule has 24 heavy (non-hydrogen) atoms. The van der Waals surface area contributed by atoms with E-state index in [1.807, 2.05) is 60.5 Å². The molecule has 0 atom stereocenters. The molecule has 1 saturated carbocycles. The van der Waals surface area contributed by atoms with Crippen molar-refractivity contribution in [3.63, 3.8) is 0 Å². The summed E-state index contributed by atoms with van der Waals surface area (Å²) in [4.78, 5) is 19.0. The van der Waals surface area contributed by atoms with Crippen molar-refractivity contribution in [1.29, 1.82) is 0 Å². The van der Waals surface area contributed by atoms with E-state index < -0.39 is 0 Å². The van der Waals surface area contributed by atoms with Gasteiger partial charge in [0.1, 0.15) is 5.52 Å². The first-order valence-corrected chi connectivity index (χ1v) is 8.45. The Balaban J connectivity index is 1.56. The molecule has 1 aromatic heterocycles. The summed E-state index contributed by atoms with van der Waals surface area (Å²) in [5, 5.41) is 0. The lowest BCUT2D eigenvalue weighted by molar-refractivity contribution is 0.0735. The van der Waals surface area contributed by atoms with Gasteiger partial charge in [-0.15, -0.1) is 0 Å². The monoisotopic (exact) mass is 320 g/mol. The molecular formula is C20H20N2O2. The highest BCUT2D eigenvalue weighted by Gasteiger charge is 2.24. The fraction of sp³-hybridized carbons (Fsp3) is 0.300. The third-order valence-corrected chi connectivity index (χ3v) is 4.87. The number of aromatic nitrogens is 1. The number of oxazole rings is 1. The second-order valence-corrected chi connectivity index (χ2v) is 6.42. The molecule has 0 unspecified atom stereocenters. The molecule has 2 aromatic carbocycles. The standard InChI is InChI=1S/C20H20N2O2/c1-22(16-6-2-3-7-16)20(23)15-12-10-14(11-13-15)19-21-17-8-4-5-9-18(17)24-19/h4-5,8-13,16H,2-3,6-7H2,1H3. The number of nitrogens with zero attached hydrogens (tertiary/aromatic N) is 2. The van der Waals surface area contributed by atoms with Crippen molar-refractivity contribution in [2.24, 2.45) is 0 Å². The van der Waals surface area contributed by atoms with Crippen molar-refractivity contribution in [1.82, 2.24) is 9.88 Å². The second-order valence-electron chi connectivity index (χ2n) is 6.42. The van der Waals surface area contributed by atoms with Crippen molar-refractivity contribution in [2.75, 3.05) is 7.05 Å². The average Bonchev–Trinajstić information content (AvgIpc) is 3.30. The Morgan fingerprint density at radius 3 is 2.50 bits per heavy atom. The molecule has 1 aliphatic carbocycles. The van der Waals surface area contributed by atoms with Crippen LogP contribution in [-0.4, -0.2) is 28.9 Å². The second kappa shape index (κ2) is 6.11. The Labute approximate surface area is 141 Å². The fourth-order valence-electron chi connectivity index (χ4n) is 3.41. The van der Waals surface area contributed by atoms with Gasteiger partial charge in [-0.3, -0.25) is 4.79 Å². The number of carbonyl (C=O) groups is 1. The van der Waals surface area contributed by atoms with Crippen LogP contribution in [0.4, 0.5) is 0 Å². The van der Waals surface area contributed by atoms with Gasteiger partial charge in [0.05, 0.1) is 0 Å². The molecule has 0 saturated heterocycles. The SMILES string of the molecule is CN(C(=O)c1ccc(-c2nc3ccccc3o2)cc1)C1CCCC1. The van der Waals surface area contributed by atoms with Gasteiger partial charge >= 0.3 is 0 Å². The summed E-state index contributed by atoms with van der Waals surface area (Å²) in [5.41, 5.74) is 3.21. The highest BCUT2D eigenvalue weighted by atomic mass is 16.3. The van der Waals surface area contributed by atoms with Crippen molar-refractivity contribution in [3.05, 3.63) is 54.1 Å². The lowest BCUT2D eigenvalue weighted by atomic mass is 10.1. The van der Waals surface area contributed by atoms with E-state index in [1.165, 1.54) is 12.8 Å². The first-order valence-electron chi connectivity index (χ1n) is 8.45. The van der Waals surface area contributed by atoms with Gasteiger partial charge in [-0.2, -0.15) is 0 Å². The van der Waals surface area contributed by atoms with Gasteiger partial charge in [-0.25, -0.2) is 4.98 Å². The van der Waals surface area contributed by atoms with Gasteiger partial charge in [0.15, 0.2) is 5.58 Å². The lowest BCUT2D eigenvalue weighted by Gasteiger charge is -2.24. The summed E-state index contributed by atoms with van der Waals surface area (Å²) >= 11 is 0. The van der Waals surface area contributed by atoms with Crippen LogP contribution >= 0.6 is 0 Å². The molecule has 4 nitrogen and oxygen atoms in total. The summed E-state index contributed by atoms with van der Waals surface area (Å²) in [7, 11) is 1.91. The lowest BCUT2D eigenvalue weighted by Crippen LogP contribution is -2.35. The van der Waals surface area contributed by atoms with Crippen LogP contribution in [0.25, 0.3) is 22.6 Å². The summed E-state index contributed by atoms with van der Waals surface area (Å²) < 4.78 is 5.78. The summed E-state index contributed by atoms with van der Waals surface area (Å²) in [6, 6.07) is 15.6. The Hall–Kier alpha value is -2.62. The third kappa shape index (κ3) is 2.68. The number of para-hydroxylation sites is 2. The van der Waals surface area contributed by atoms with E-state index in [-0.39, 0.29) is 5.91 Å². The summed E-state index contributed by atoms with van der Waals surface area (Å²) in [6.45, 7) is 0. The van der Waals surface area contributed by atoms with Crippen LogP contribution in [0, 0.1) is 0 Å². The molecule has 4 rings (SSSR count). The van der Waals surface area contributed by atoms with Crippen LogP contribution in [0.3, 0.4) is 0 Å². The molecule has 1 aliphatic rings. The molecular weight excluding hydrogens is 300 g/mol. The zero-order chi connectivity index (χ0) is 16.5. The number of hydrogen-bond donors (Lipinski definition) is 0. The van der Waals surface area contributed by atoms with E-state index >= 15 is 0 Å². The van der Waals surface area contributed by atoms with E-state index in [0.29, 0.717) is 17.5 Å². The molecule has 0 N–H and O–H groups in total.